The van der Waals surface area contributed by atoms with Gasteiger partial charge >= 0.3 is 5.97 Å². The molecule has 0 atom stereocenters. The highest BCUT2D eigenvalue weighted by molar-refractivity contribution is 6.32. The van der Waals surface area contributed by atoms with Gasteiger partial charge in [0.05, 0.1) is 0 Å². The maximum atomic E-state index is 10.7. The number of ether oxygens (including phenoxy) is 1. The highest BCUT2D eigenvalue weighted by atomic mass is 16.5. The van der Waals surface area contributed by atoms with Gasteiger partial charge in [0.1, 0.15) is 0 Å². The van der Waals surface area contributed by atoms with Crippen LogP contribution in [0.5, 0.6) is 0 Å². The van der Waals surface area contributed by atoms with Gasteiger partial charge in [0, 0.05) is 19.6 Å². The van der Waals surface area contributed by atoms with Crippen LogP contribution >= 0.6 is 0 Å². The normalized spacial score (nSPS) is 10.3. The minimum atomic E-state index is -1.35. The van der Waals surface area contributed by atoms with Crippen LogP contribution in [0, 0.1) is 0 Å². The number of carboxylic acids is 1. The van der Waals surface area contributed by atoms with Crippen LogP contribution in [0.1, 0.15) is 51.9 Å². The zero-order chi connectivity index (χ0) is 12.2. The van der Waals surface area contributed by atoms with Crippen molar-refractivity contribution in [2.75, 3.05) is 13.2 Å². The lowest BCUT2D eigenvalue weighted by Gasteiger charge is -2.03. The van der Waals surface area contributed by atoms with E-state index < -0.39 is 11.8 Å². The molecule has 0 radical (unpaired) electrons. The summed E-state index contributed by atoms with van der Waals surface area (Å²) in [5.41, 5.74) is 0. The summed E-state index contributed by atoms with van der Waals surface area (Å²) in [7, 11) is 0. The first kappa shape index (κ1) is 15.1. The van der Waals surface area contributed by atoms with Crippen LogP contribution in [0.4, 0.5) is 0 Å². The number of aliphatic carboxylic acids is 1. The van der Waals surface area contributed by atoms with E-state index in [1.54, 1.807) is 0 Å². The van der Waals surface area contributed by atoms with Crippen molar-refractivity contribution in [1.29, 1.82) is 0 Å². The predicted molar refractivity (Wildman–Crippen MR) is 61.5 cm³/mol. The van der Waals surface area contributed by atoms with Crippen molar-refractivity contribution in [3.63, 3.8) is 0 Å². The molecule has 0 bridgehead atoms. The fourth-order valence-electron chi connectivity index (χ4n) is 1.35. The number of hydrogen-bond donors (Lipinski definition) is 1. The van der Waals surface area contributed by atoms with E-state index in [2.05, 4.69) is 6.92 Å². The standard InChI is InChI=1S/C12H22O4/c1-2-3-4-5-6-9-16-10-7-8-11(13)12(14)15/h2-10H2,1H3,(H,14,15). The second-order valence-corrected chi connectivity index (χ2v) is 3.86. The van der Waals surface area contributed by atoms with Crippen LogP contribution in [0.15, 0.2) is 0 Å². The highest BCUT2D eigenvalue weighted by Crippen LogP contribution is 2.02. The summed E-state index contributed by atoms with van der Waals surface area (Å²) in [5, 5.41) is 8.31. The topological polar surface area (TPSA) is 63.6 Å². The molecule has 0 aliphatic heterocycles. The first-order valence-corrected chi connectivity index (χ1v) is 6.02. The molecule has 1 N–H and O–H groups in total. The number of hydrogen-bond acceptors (Lipinski definition) is 3. The molecule has 0 fully saturated rings. The Labute approximate surface area is 97.0 Å². The Morgan fingerprint density at radius 2 is 1.62 bits per heavy atom. The summed E-state index contributed by atoms with van der Waals surface area (Å²) in [6.07, 6.45) is 6.56. The van der Waals surface area contributed by atoms with Crippen molar-refractivity contribution in [3.05, 3.63) is 0 Å². The summed E-state index contributed by atoms with van der Waals surface area (Å²) in [5.74, 6) is -2.08. The number of carboxylic acid groups (broad SMARTS) is 1. The molecule has 0 rings (SSSR count). The number of ketones is 1. The molecule has 0 saturated carbocycles. The third-order valence-corrected chi connectivity index (χ3v) is 2.32. The molecule has 4 heteroatoms. The Morgan fingerprint density at radius 3 is 2.25 bits per heavy atom. The number of rotatable bonds is 11. The lowest BCUT2D eigenvalue weighted by Crippen LogP contribution is -2.12. The molecule has 16 heavy (non-hydrogen) atoms. The van der Waals surface area contributed by atoms with Gasteiger partial charge in [-0.05, 0) is 12.8 Å². The van der Waals surface area contributed by atoms with Gasteiger partial charge in [0.2, 0.25) is 5.78 Å². The fourth-order valence-corrected chi connectivity index (χ4v) is 1.35. The van der Waals surface area contributed by atoms with Crippen LogP contribution in [0.2, 0.25) is 0 Å². The summed E-state index contributed by atoms with van der Waals surface area (Å²) >= 11 is 0. The highest BCUT2D eigenvalue weighted by Gasteiger charge is 2.09. The molecule has 0 amide bonds. The Kier molecular flexibility index (Phi) is 10.0. The van der Waals surface area contributed by atoms with Crippen molar-refractivity contribution in [1.82, 2.24) is 0 Å². The summed E-state index contributed by atoms with van der Waals surface area (Å²) < 4.78 is 5.30. The van der Waals surface area contributed by atoms with E-state index in [9.17, 15) is 9.59 Å². The zero-order valence-corrected chi connectivity index (χ0v) is 10.0. The predicted octanol–water partition coefficient (Wildman–Crippen LogP) is 2.41. The maximum Gasteiger partial charge on any atom is 0.372 e. The smallest absolute Gasteiger partial charge is 0.372 e. The SMILES string of the molecule is CCCCCCCOCCCC(=O)C(=O)O. The van der Waals surface area contributed by atoms with Crippen molar-refractivity contribution in [2.24, 2.45) is 0 Å². The average Bonchev–Trinajstić information content (AvgIpc) is 2.26. The molecule has 0 aliphatic rings. The van der Waals surface area contributed by atoms with E-state index >= 15 is 0 Å². The summed E-state index contributed by atoms with van der Waals surface area (Å²) in [6.45, 7) is 3.37. The molecule has 94 valence electrons. The van der Waals surface area contributed by atoms with Crippen LogP contribution in [-0.2, 0) is 14.3 Å². The summed E-state index contributed by atoms with van der Waals surface area (Å²) in [4.78, 5) is 20.9. The van der Waals surface area contributed by atoms with Gasteiger partial charge in [-0.15, -0.1) is 0 Å². The lowest BCUT2D eigenvalue weighted by atomic mass is 10.2. The van der Waals surface area contributed by atoms with E-state index in [1.165, 1.54) is 25.7 Å². The van der Waals surface area contributed by atoms with Crippen molar-refractivity contribution in [2.45, 2.75) is 51.9 Å². The van der Waals surface area contributed by atoms with Gasteiger partial charge in [0.25, 0.3) is 0 Å². The van der Waals surface area contributed by atoms with E-state index in [1.807, 2.05) is 0 Å². The molecule has 0 unspecified atom stereocenters. The first-order valence-electron chi connectivity index (χ1n) is 6.02. The minimum Gasteiger partial charge on any atom is -0.476 e. The molecule has 0 aromatic carbocycles. The average molecular weight is 230 g/mol. The van der Waals surface area contributed by atoms with Gasteiger partial charge in [0.15, 0.2) is 0 Å². The summed E-state index contributed by atoms with van der Waals surface area (Å²) in [6, 6.07) is 0. The quantitative estimate of drug-likeness (QED) is 0.437. The monoisotopic (exact) mass is 230 g/mol. The van der Waals surface area contributed by atoms with Gasteiger partial charge < -0.3 is 9.84 Å². The Hall–Kier alpha value is -0.900. The van der Waals surface area contributed by atoms with E-state index in [-0.39, 0.29) is 6.42 Å². The molecular weight excluding hydrogens is 208 g/mol. The molecule has 0 heterocycles. The Morgan fingerprint density at radius 1 is 1.00 bits per heavy atom. The minimum absolute atomic E-state index is 0.0746. The van der Waals surface area contributed by atoms with Crippen LogP contribution in [0.3, 0.4) is 0 Å². The van der Waals surface area contributed by atoms with Crippen LogP contribution in [-0.4, -0.2) is 30.1 Å². The Balaban J connectivity index is 3.10. The fraction of sp³-hybridized carbons (Fsp3) is 0.833. The first-order chi connectivity index (χ1) is 7.68. The molecule has 0 spiro atoms. The van der Waals surface area contributed by atoms with E-state index in [0.29, 0.717) is 19.6 Å². The van der Waals surface area contributed by atoms with Gasteiger partial charge in [-0.3, -0.25) is 4.79 Å². The molecule has 0 aromatic rings. The maximum absolute atomic E-state index is 10.7. The zero-order valence-electron chi connectivity index (χ0n) is 10.0. The third kappa shape index (κ3) is 9.65. The number of unbranched alkanes of at least 4 members (excludes halogenated alkanes) is 4. The van der Waals surface area contributed by atoms with Gasteiger partial charge in [-0.2, -0.15) is 0 Å². The van der Waals surface area contributed by atoms with Crippen LogP contribution < -0.4 is 0 Å². The lowest BCUT2D eigenvalue weighted by molar-refractivity contribution is -0.149. The van der Waals surface area contributed by atoms with Crippen LogP contribution in [0.25, 0.3) is 0 Å². The molecule has 4 nitrogen and oxygen atoms in total. The van der Waals surface area contributed by atoms with Crippen molar-refractivity contribution < 1.29 is 19.4 Å². The molecular formula is C12H22O4. The molecule has 0 saturated heterocycles. The van der Waals surface area contributed by atoms with Crippen molar-refractivity contribution >= 4 is 11.8 Å². The number of Topliss-reactive ketones (excluding diaryl/α,β-unsaturated/α-hetero) is 1. The second-order valence-electron chi connectivity index (χ2n) is 3.86. The number of carbonyl (C=O) groups is 2. The van der Waals surface area contributed by atoms with E-state index in [4.69, 9.17) is 9.84 Å². The van der Waals surface area contributed by atoms with E-state index in [0.717, 1.165) is 6.42 Å². The van der Waals surface area contributed by atoms with Gasteiger partial charge in [-0.1, -0.05) is 32.6 Å². The third-order valence-electron chi connectivity index (χ3n) is 2.32. The molecule has 0 aromatic heterocycles. The second kappa shape index (κ2) is 10.6. The van der Waals surface area contributed by atoms with Crippen molar-refractivity contribution in [3.8, 4) is 0 Å². The number of carbonyl (C=O) groups excluding carboxylic acids is 1. The molecule has 0 aliphatic carbocycles. The van der Waals surface area contributed by atoms with Gasteiger partial charge in [-0.25, -0.2) is 4.79 Å². The largest absolute Gasteiger partial charge is 0.476 e. The Bertz CT molecular complexity index is 201.